The zero-order chi connectivity index (χ0) is 11.4. The number of urea groups is 1. The Labute approximate surface area is 87.7 Å². The van der Waals surface area contributed by atoms with Crippen molar-refractivity contribution in [2.45, 2.75) is 19.9 Å². The van der Waals surface area contributed by atoms with Crippen LogP contribution in [0, 0.1) is 5.82 Å². The molecule has 82 valence electrons. The highest BCUT2D eigenvalue weighted by Crippen LogP contribution is 2.21. The lowest BCUT2D eigenvalue weighted by atomic mass is 10.2. The number of rotatable bonds is 2. The number of nitrogens with two attached hydrogens (primary N) is 1. The van der Waals surface area contributed by atoms with Crippen molar-refractivity contribution in [2.24, 2.45) is 0 Å². The quantitative estimate of drug-likeness (QED) is 0.654. The third kappa shape index (κ3) is 3.12. The van der Waals surface area contributed by atoms with E-state index >= 15 is 0 Å². The minimum Gasteiger partial charge on any atom is -0.397 e. The molecule has 0 atom stereocenters. The zero-order valence-electron chi connectivity index (χ0n) is 8.67. The Kier molecular flexibility index (Phi) is 3.49. The standard InChI is InChI=1S/C10H14FN3O/c1-6(2)13-10(15)14-9-7(11)4-3-5-8(9)12/h3-6H,12H2,1-2H3,(H2,13,14,15). The van der Waals surface area contributed by atoms with E-state index in [-0.39, 0.29) is 17.4 Å². The third-order valence-corrected chi connectivity index (χ3v) is 1.70. The van der Waals surface area contributed by atoms with Crippen LogP contribution in [0.2, 0.25) is 0 Å². The predicted octanol–water partition coefficient (Wildman–Crippen LogP) is 1.94. The molecule has 0 saturated carbocycles. The smallest absolute Gasteiger partial charge is 0.319 e. The van der Waals surface area contributed by atoms with Gasteiger partial charge in [-0.1, -0.05) is 6.07 Å². The fraction of sp³-hybridized carbons (Fsp3) is 0.300. The predicted molar refractivity (Wildman–Crippen MR) is 58.1 cm³/mol. The first-order chi connectivity index (χ1) is 7.00. The van der Waals surface area contributed by atoms with Crippen LogP contribution in [0.4, 0.5) is 20.6 Å². The minimum absolute atomic E-state index is 0.00986. The van der Waals surface area contributed by atoms with Crippen LogP contribution in [0.25, 0.3) is 0 Å². The molecule has 1 aromatic rings. The molecule has 0 saturated heterocycles. The third-order valence-electron chi connectivity index (χ3n) is 1.70. The maximum absolute atomic E-state index is 13.2. The Morgan fingerprint density at radius 1 is 1.47 bits per heavy atom. The van der Waals surface area contributed by atoms with Crippen molar-refractivity contribution < 1.29 is 9.18 Å². The SMILES string of the molecule is CC(C)NC(=O)Nc1c(N)cccc1F. The summed E-state index contributed by atoms with van der Waals surface area (Å²) >= 11 is 0. The van der Waals surface area contributed by atoms with E-state index in [1.54, 1.807) is 0 Å². The summed E-state index contributed by atoms with van der Waals surface area (Å²) in [7, 11) is 0. The summed E-state index contributed by atoms with van der Waals surface area (Å²) in [5.41, 5.74) is 5.73. The van der Waals surface area contributed by atoms with Crippen molar-refractivity contribution in [3.8, 4) is 0 Å². The molecule has 0 spiro atoms. The molecule has 0 unspecified atom stereocenters. The van der Waals surface area contributed by atoms with E-state index in [1.165, 1.54) is 18.2 Å². The highest BCUT2D eigenvalue weighted by molar-refractivity contribution is 5.92. The Balaban J connectivity index is 2.76. The first kappa shape index (κ1) is 11.3. The molecular formula is C10H14FN3O. The van der Waals surface area contributed by atoms with Crippen molar-refractivity contribution in [1.29, 1.82) is 0 Å². The highest BCUT2D eigenvalue weighted by atomic mass is 19.1. The second-order valence-electron chi connectivity index (χ2n) is 3.46. The number of anilines is 2. The van der Waals surface area contributed by atoms with Gasteiger partial charge in [0.05, 0.1) is 5.69 Å². The number of benzene rings is 1. The second kappa shape index (κ2) is 4.63. The van der Waals surface area contributed by atoms with Crippen LogP contribution in [0.15, 0.2) is 18.2 Å². The van der Waals surface area contributed by atoms with Crippen molar-refractivity contribution in [3.63, 3.8) is 0 Å². The van der Waals surface area contributed by atoms with Gasteiger partial charge in [-0.15, -0.1) is 0 Å². The Hall–Kier alpha value is -1.78. The first-order valence-corrected chi connectivity index (χ1v) is 4.62. The number of hydrogen-bond donors (Lipinski definition) is 3. The van der Waals surface area contributed by atoms with E-state index in [0.29, 0.717) is 0 Å². The van der Waals surface area contributed by atoms with Gasteiger partial charge in [0, 0.05) is 6.04 Å². The van der Waals surface area contributed by atoms with Crippen LogP contribution < -0.4 is 16.4 Å². The zero-order valence-corrected chi connectivity index (χ0v) is 8.67. The van der Waals surface area contributed by atoms with E-state index < -0.39 is 11.8 Å². The van der Waals surface area contributed by atoms with E-state index in [2.05, 4.69) is 10.6 Å². The molecule has 5 heteroatoms. The average Bonchev–Trinajstić information content (AvgIpc) is 2.10. The first-order valence-electron chi connectivity index (χ1n) is 4.62. The summed E-state index contributed by atoms with van der Waals surface area (Å²) in [6, 6.07) is 3.76. The second-order valence-corrected chi connectivity index (χ2v) is 3.46. The molecule has 0 aliphatic rings. The van der Waals surface area contributed by atoms with Crippen molar-refractivity contribution >= 4 is 17.4 Å². The Morgan fingerprint density at radius 2 is 2.13 bits per heavy atom. The molecular weight excluding hydrogens is 197 g/mol. The van der Waals surface area contributed by atoms with Crippen molar-refractivity contribution in [3.05, 3.63) is 24.0 Å². The Morgan fingerprint density at radius 3 is 2.67 bits per heavy atom. The fourth-order valence-electron chi connectivity index (χ4n) is 1.08. The van der Waals surface area contributed by atoms with Gasteiger partial charge in [0.15, 0.2) is 0 Å². The molecule has 0 radical (unpaired) electrons. The molecule has 0 bridgehead atoms. The van der Waals surface area contributed by atoms with E-state index in [9.17, 15) is 9.18 Å². The Bertz CT molecular complexity index is 345. The number of amides is 2. The van der Waals surface area contributed by atoms with Gasteiger partial charge in [-0.3, -0.25) is 0 Å². The van der Waals surface area contributed by atoms with Crippen LogP contribution in [0.1, 0.15) is 13.8 Å². The maximum atomic E-state index is 13.2. The van der Waals surface area contributed by atoms with Gasteiger partial charge in [-0.2, -0.15) is 0 Å². The van der Waals surface area contributed by atoms with Gasteiger partial charge in [0.25, 0.3) is 0 Å². The minimum atomic E-state index is -0.547. The maximum Gasteiger partial charge on any atom is 0.319 e. The van der Waals surface area contributed by atoms with Crippen LogP contribution >= 0.6 is 0 Å². The van der Waals surface area contributed by atoms with Crippen molar-refractivity contribution in [1.82, 2.24) is 5.32 Å². The van der Waals surface area contributed by atoms with Gasteiger partial charge in [-0.05, 0) is 26.0 Å². The molecule has 0 aliphatic carbocycles. The molecule has 0 aliphatic heterocycles. The van der Waals surface area contributed by atoms with Crippen LogP contribution in [-0.2, 0) is 0 Å². The molecule has 0 aromatic heterocycles. The number of nitrogens with one attached hydrogen (secondary N) is 2. The number of halogens is 1. The van der Waals surface area contributed by atoms with Gasteiger partial charge >= 0.3 is 6.03 Å². The summed E-state index contributed by atoms with van der Waals surface area (Å²) in [5.74, 6) is -0.547. The van der Waals surface area contributed by atoms with E-state index in [0.717, 1.165) is 0 Å². The number of hydrogen-bond acceptors (Lipinski definition) is 2. The molecule has 4 N–H and O–H groups in total. The topological polar surface area (TPSA) is 67.2 Å². The lowest BCUT2D eigenvalue weighted by Gasteiger charge is -2.12. The highest BCUT2D eigenvalue weighted by Gasteiger charge is 2.09. The number of para-hydroxylation sites is 1. The summed E-state index contributed by atoms with van der Waals surface area (Å²) in [5, 5.41) is 4.93. The normalized spacial score (nSPS) is 10.1. The van der Waals surface area contributed by atoms with Gasteiger partial charge in [0.2, 0.25) is 0 Å². The van der Waals surface area contributed by atoms with Crippen LogP contribution in [0.5, 0.6) is 0 Å². The fourth-order valence-corrected chi connectivity index (χ4v) is 1.08. The van der Waals surface area contributed by atoms with Crippen LogP contribution in [0.3, 0.4) is 0 Å². The van der Waals surface area contributed by atoms with Gasteiger partial charge < -0.3 is 16.4 Å². The van der Waals surface area contributed by atoms with E-state index in [4.69, 9.17) is 5.73 Å². The molecule has 0 heterocycles. The average molecular weight is 211 g/mol. The number of carbonyl (C=O) groups excluding carboxylic acids is 1. The molecule has 4 nitrogen and oxygen atoms in total. The summed E-state index contributed by atoms with van der Waals surface area (Å²) in [6.07, 6.45) is 0. The van der Waals surface area contributed by atoms with Gasteiger partial charge in [0.1, 0.15) is 11.5 Å². The summed E-state index contributed by atoms with van der Waals surface area (Å²) in [6.45, 7) is 3.62. The molecule has 1 aromatic carbocycles. The lowest BCUT2D eigenvalue weighted by Crippen LogP contribution is -2.34. The molecule has 0 fully saturated rings. The summed E-state index contributed by atoms with van der Waals surface area (Å²) < 4.78 is 13.2. The molecule has 1 rings (SSSR count). The van der Waals surface area contributed by atoms with Crippen molar-refractivity contribution in [2.75, 3.05) is 11.1 Å². The van der Waals surface area contributed by atoms with E-state index in [1.807, 2.05) is 13.8 Å². The van der Waals surface area contributed by atoms with Crippen LogP contribution in [-0.4, -0.2) is 12.1 Å². The largest absolute Gasteiger partial charge is 0.397 e. The monoisotopic (exact) mass is 211 g/mol. The molecule has 15 heavy (non-hydrogen) atoms. The van der Waals surface area contributed by atoms with Gasteiger partial charge in [-0.25, -0.2) is 9.18 Å². The lowest BCUT2D eigenvalue weighted by molar-refractivity contribution is 0.250. The molecule has 2 amide bonds. The summed E-state index contributed by atoms with van der Waals surface area (Å²) in [4.78, 5) is 11.3. The number of carbonyl (C=O) groups is 1. The number of nitrogen functional groups attached to an aromatic ring is 1.